The molecule has 1 aromatic carbocycles. The predicted molar refractivity (Wildman–Crippen MR) is 118 cm³/mol. The molecule has 28 heavy (non-hydrogen) atoms. The van der Waals surface area contributed by atoms with Gasteiger partial charge in [-0.15, -0.1) is 0 Å². The monoisotopic (exact) mass is 398 g/mol. The van der Waals surface area contributed by atoms with Gasteiger partial charge in [-0.2, -0.15) is 0 Å². The number of fused-ring (bicyclic) bond motifs is 2. The van der Waals surface area contributed by atoms with Crippen LogP contribution in [0.25, 0.3) is 0 Å². The molecule has 2 amide bonds. The van der Waals surface area contributed by atoms with Crippen molar-refractivity contribution in [2.24, 2.45) is 10.7 Å². The number of nitrogens with two attached hydrogens (primary N) is 1. The maximum atomic E-state index is 12.5. The van der Waals surface area contributed by atoms with Gasteiger partial charge in [0.15, 0.2) is 0 Å². The van der Waals surface area contributed by atoms with Gasteiger partial charge < -0.3 is 11.1 Å². The molecule has 3 aliphatic carbocycles. The number of allylic oxidation sites excluding steroid dienone is 1. The first-order valence-corrected chi connectivity index (χ1v) is 11.4. The number of rotatable bonds is 5. The van der Waals surface area contributed by atoms with Crippen LogP contribution in [0, 0.1) is 0 Å². The summed E-state index contributed by atoms with van der Waals surface area (Å²) in [5.41, 5.74) is 12.6. The predicted octanol–water partition coefficient (Wildman–Crippen LogP) is 4.64. The van der Waals surface area contributed by atoms with Crippen LogP contribution in [0.4, 0.5) is 10.5 Å². The number of carbonyl (C=O) groups is 1. The fraction of sp³-hybridized carbons (Fsp3) is 0.545. The number of anilines is 1. The summed E-state index contributed by atoms with van der Waals surface area (Å²) < 4.78 is 2.81. The zero-order valence-corrected chi connectivity index (χ0v) is 17.2. The number of aliphatic imine (C=N–C) groups is 1. The van der Waals surface area contributed by atoms with Gasteiger partial charge in [0.1, 0.15) is 0 Å². The molecule has 0 aliphatic heterocycles. The first kappa shape index (κ1) is 19.4. The molecule has 150 valence electrons. The van der Waals surface area contributed by atoms with Gasteiger partial charge in [-0.05, 0) is 79.7 Å². The van der Waals surface area contributed by atoms with E-state index in [4.69, 9.17) is 5.73 Å². The van der Waals surface area contributed by atoms with Crippen molar-refractivity contribution in [3.05, 3.63) is 39.4 Å². The summed E-state index contributed by atoms with van der Waals surface area (Å²) in [7, 11) is 0. The summed E-state index contributed by atoms with van der Waals surface area (Å²) in [6, 6.07) is 2.59. The van der Waals surface area contributed by atoms with Crippen LogP contribution in [0.2, 0.25) is 0 Å². The first-order chi connectivity index (χ1) is 13.7. The summed E-state index contributed by atoms with van der Waals surface area (Å²) in [6.07, 6.45) is 16.5. The molecule has 4 N–H and O–H groups in total. The quantitative estimate of drug-likeness (QED) is 0.499. The highest BCUT2D eigenvalue weighted by Gasteiger charge is 2.24. The van der Waals surface area contributed by atoms with E-state index in [0.717, 1.165) is 43.3 Å². The number of aryl methyl sites for hydroxylation is 2. The minimum atomic E-state index is -0.208. The Morgan fingerprint density at radius 3 is 2.39 bits per heavy atom. The number of nitrogens with zero attached hydrogens (tertiary/aromatic N) is 1. The third-order valence-electron chi connectivity index (χ3n) is 6.08. The third kappa shape index (κ3) is 4.54. The normalized spacial score (nSPS) is 19.6. The van der Waals surface area contributed by atoms with E-state index < -0.39 is 0 Å². The van der Waals surface area contributed by atoms with Crippen molar-refractivity contribution in [2.75, 3.05) is 5.32 Å². The fourth-order valence-electron chi connectivity index (χ4n) is 4.71. The number of nitrogens with one attached hydrogen (secondary N) is 2. The Morgan fingerprint density at radius 2 is 1.71 bits per heavy atom. The van der Waals surface area contributed by atoms with Gasteiger partial charge in [0.05, 0.1) is 5.03 Å². The van der Waals surface area contributed by atoms with Crippen LogP contribution >= 0.6 is 11.9 Å². The van der Waals surface area contributed by atoms with E-state index in [2.05, 4.69) is 21.1 Å². The van der Waals surface area contributed by atoms with Crippen molar-refractivity contribution in [1.29, 1.82) is 0 Å². The molecule has 0 heterocycles. The minimum absolute atomic E-state index is 0.208. The summed E-state index contributed by atoms with van der Waals surface area (Å²) in [6.45, 7) is 0. The van der Waals surface area contributed by atoms with Crippen molar-refractivity contribution in [3.8, 4) is 0 Å². The lowest BCUT2D eigenvalue weighted by Crippen LogP contribution is -2.25. The molecule has 0 saturated heterocycles. The highest BCUT2D eigenvalue weighted by atomic mass is 32.2. The second kappa shape index (κ2) is 9.03. The zero-order chi connectivity index (χ0) is 19.3. The van der Waals surface area contributed by atoms with E-state index in [1.807, 2.05) is 0 Å². The summed E-state index contributed by atoms with van der Waals surface area (Å²) in [4.78, 5) is 17.1. The Balaban J connectivity index is 1.33. The number of carbonyl (C=O) groups excluding carboxylic acids is 1. The maximum absolute atomic E-state index is 12.5. The van der Waals surface area contributed by atoms with Crippen LogP contribution in [0.1, 0.15) is 67.2 Å². The van der Waals surface area contributed by atoms with Gasteiger partial charge in [-0.25, -0.2) is 4.79 Å². The zero-order valence-electron chi connectivity index (χ0n) is 16.4. The Morgan fingerprint density at radius 1 is 1.04 bits per heavy atom. The lowest BCUT2D eigenvalue weighted by atomic mass is 9.96. The number of hydrogen-bond acceptors (Lipinski definition) is 4. The standard InChI is InChI=1S/C22H30N4OS/c23-20(12-13-24-17-8-2-1-3-9-17)28-26-22(27)25-21-18-10-4-6-15(18)14-16-7-5-11-19(16)21/h12-14,17H,1-11,23H2,(H2,25,26,27)/b20-12+,24-13?. The molecular weight excluding hydrogens is 368 g/mol. The molecule has 0 bridgehead atoms. The van der Waals surface area contributed by atoms with Crippen LogP contribution in [0.5, 0.6) is 0 Å². The van der Waals surface area contributed by atoms with Crippen LogP contribution in [0.3, 0.4) is 0 Å². The van der Waals surface area contributed by atoms with Gasteiger partial charge in [-0.1, -0.05) is 25.3 Å². The van der Waals surface area contributed by atoms with Crippen molar-refractivity contribution < 1.29 is 4.79 Å². The largest absolute Gasteiger partial charge is 0.392 e. The fourth-order valence-corrected chi connectivity index (χ4v) is 5.10. The second-order valence-electron chi connectivity index (χ2n) is 8.05. The maximum Gasteiger partial charge on any atom is 0.329 e. The lowest BCUT2D eigenvalue weighted by Gasteiger charge is -2.17. The smallest absolute Gasteiger partial charge is 0.329 e. The molecule has 0 unspecified atom stereocenters. The second-order valence-corrected chi connectivity index (χ2v) is 8.93. The van der Waals surface area contributed by atoms with E-state index in [1.165, 1.54) is 67.2 Å². The Hall–Kier alpha value is -1.95. The topological polar surface area (TPSA) is 79.5 Å². The van der Waals surface area contributed by atoms with Crippen LogP contribution < -0.4 is 15.8 Å². The Labute approximate surface area is 171 Å². The number of hydrogen-bond donors (Lipinski definition) is 3. The van der Waals surface area contributed by atoms with Gasteiger partial charge in [-0.3, -0.25) is 9.71 Å². The van der Waals surface area contributed by atoms with E-state index in [1.54, 1.807) is 12.3 Å². The SMILES string of the molecule is N/C(=C\C=NC1CCCCC1)SNC(=O)Nc1c2c(cc3c1CCC3)CCC2. The van der Waals surface area contributed by atoms with E-state index in [-0.39, 0.29) is 6.03 Å². The van der Waals surface area contributed by atoms with E-state index in [0.29, 0.717) is 11.1 Å². The average Bonchev–Trinajstić information content (AvgIpc) is 3.36. The molecule has 0 radical (unpaired) electrons. The minimum Gasteiger partial charge on any atom is -0.392 e. The molecular formula is C22H30N4OS. The number of amides is 2. The summed E-state index contributed by atoms with van der Waals surface area (Å²) in [5.74, 6) is 0. The average molecular weight is 399 g/mol. The molecule has 0 atom stereocenters. The summed E-state index contributed by atoms with van der Waals surface area (Å²) >= 11 is 1.14. The molecule has 1 aromatic rings. The van der Waals surface area contributed by atoms with Crippen molar-refractivity contribution in [2.45, 2.75) is 76.7 Å². The number of urea groups is 1. The van der Waals surface area contributed by atoms with Crippen LogP contribution in [-0.2, 0) is 25.7 Å². The molecule has 6 heteroatoms. The van der Waals surface area contributed by atoms with E-state index in [9.17, 15) is 4.79 Å². The molecule has 1 fully saturated rings. The molecule has 5 nitrogen and oxygen atoms in total. The molecule has 0 aromatic heterocycles. The highest BCUT2D eigenvalue weighted by Crippen LogP contribution is 2.38. The van der Waals surface area contributed by atoms with Crippen LogP contribution in [0.15, 0.2) is 22.2 Å². The van der Waals surface area contributed by atoms with E-state index >= 15 is 0 Å². The highest BCUT2D eigenvalue weighted by molar-refractivity contribution is 8.01. The van der Waals surface area contributed by atoms with Crippen molar-refractivity contribution in [3.63, 3.8) is 0 Å². The van der Waals surface area contributed by atoms with Crippen molar-refractivity contribution >= 4 is 29.9 Å². The molecule has 3 aliphatic rings. The molecule has 0 spiro atoms. The molecule has 4 rings (SSSR count). The third-order valence-corrected chi connectivity index (χ3v) is 6.74. The lowest BCUT2D eigenvalue weighted by molar-refractivity contribution is 0.257. The molecule has 1 saturated carbocycles. The number of benzene rings is 1. The van der Waals surface area contributed by atoms with Gasteiger partial charge in [0.2, 0.25) is 0 Å². The van der Waals surface area contributed by atoms with Gasteiger partial charge in [0.25, 0.3) is 0 Å². The van der Waals surface area contributed by atoms with Crippen molar-refractivity contribution in [1.82, 2.24) is 4.72 Å². The Kier molecular flexibility index (Phi) is 6.25. The van der Waals surface area contributed by atoms with Gasteiger partial charge >= 0.3 is 6.03 Å². The first-order valence-electron chi connectivity index (χ1n) is 10.6. The van der Waals surface area contributed by atoms with Crippen LogP contribution in [-0.4, -0.2) is 18.3 Å². The summed E-state index contributed by atoms with van der Waals surface area (Å²) in [5, 5.41) is 3.66. The van der Waals surface area contributed by atoms with Gasteiger partial charge in [0, 0.05) is 29.9 Å². The Bertz CT molecular complexity index is 764.